The average molecular weight is 295 g/mol. The molecule has 0 heterocycles. The Bertz CT molecular complexity index is 395. The summed E-state index contributed by atoms with van der Waals surface area (Å²) in [5.41, 5.74) is 1.03. The number of ether oxygens (including phenoxy) is 1. The highest BCUT2D eigenvalue weighted by Crippen LogP contribution is 2.25. The third kappa shape index (κ3) is 6.47. The van der Waals surface area contributed by atoms with E-state index in [-0.39, 0.29) is 11.9 Å². The van der Waals surface area contributed by atoms with Crippen LogP contribution < -0.4 is 10.1 Å². The van der Waals surface area contributed by atoms with Gasteiger partial charge in [0, 0.05) is 6.04 Å². The molecule has 0 aliphatic rings. The van der Waals surface area contributed by atoms with Gasteiger partial charge >= 0.3 is 0 Å². The second-order valence-electron chi connectivity index (χ2n) is 5.60. The van der Waals surface area contributed by atoms with Crippen LogP contribution >= 0.6 is 0 Å². The van der Waals surface area contributed by atoms with Gasteiger partial charge in [0.15, 0.2) is 11.6 Å². The number of rotatable bonds is 11. The molecule has 120 valence electrons. The fourth-order valence-electron chi connectivity index (χ4n) is 2.56. The number of unbranched alkanes of at least 4 members (excludes halogenated alkanes) is 4. The molecule has 0 bridgehead atoms. The molecule has 1 N–H and O–H groups in total. The maximum atomic E-state index is 13.9. The van der Waals surface area contributed by atoms with E-state index >= 15 is 0 Å². The van der Waals surface area contributed by atoms with E-state index in [1.165, 1.54) is 39.2 Å². The Labute approximate surface area is 129 Å². The number of nitrogens with one attached hydrogen (secondary N) is 1. The summed E-state index contributed by atoms with van der Waals surface area (Å²) in [5.74, 6) is 0.0419. The van der Waals surface area contributed by atoms with Gasteiger partial charge in [0.2, 0.25) is 0 Å². The van der Waals surface area contributed by atoms with Crippen molar-refractivity contribution in [1.82, 2.24) is 5.32 Å². The van der Waals surface area contributed by atoms with Crippen molar-refractivity contribution >= 4 is 0 Å². The molecule has 0 radical (unpaired) electrons. The van der Waals surface area contributed by atoms with Crippen LogP contribution in [0, 0.1) is 5.82 Å². The van der Waals surface area contributed by atoms with Gasteiger partial charge in [-0.05, 0) is 37.1 Å². The smallest absolute Gasteiger partial charge is 0.165 e. The molecule has 0 aromatic heterocycles. The highest BCUT2D eigenvalue weighted by Gasteiger charge is 2.13. The number of halogens is 1. The Morgan fingerprint density at radius 1 is 1.10 bits per heavy atom. The molecule has 0 aliphatic carbocycles. The topological polar surface area (TPSA) is 21.3 Å². The third-order valence-electron chi connectivity index (χ3n) is 3.82. The Morgan fingerprint density at radius 2 is 1.86 bits per heavy atom. The Morgan fingerprint density at radius 3 is 2.48 bits per heavy atom. The summed E-state index contributed by atoms with van der Waals surface area (Å²) >= 11 is 0. The van der Waals surface area contributed by atoms with E-state index < -0.39 is 0 Å². The van der Waals surface area contributed by atoms with E-state index in [9.17, 15) is 4.39 Å². The van der Waals surface area contributed by atoms with Crippen LogP contribution in [-0.2, 0) is 0 Å². The van der Waals surface area contributed by atoms with Crippen LogP contribution in [0.15, 0.2) is 18.2 Å². The van der Waals surface area contributed by atoms with Gasteiger partial charge in [-0.15, -0.1) is 0 Å². The van der Waals surface area contributed by atoms with Gasteiger partial charge in [0.05, 0.1) is 7.11 Å². The standard InChI is InChI=1S/C18H30FNO/c1-4-6-7-8-9-10-17(20-13-5-2)15-11-12-18(21-3)16(19)14-15/h11-12,14,17,20H,4-10,13H2,1-3H3. The molecular formula is C18H30FNO. The van der Waals surface area contributed by atoms with Crippen molar-refractivity contribution < 1.29 is 9.13 Å². The van der Waals surface area contributed by atoms with Crippen molar-refractivity contribution in [1.29, 1.82) is 0 Å². The normalized spacial score (nSPS) is 12.4. The van der Waals surface area contributed by atoms with Crippen molar-refractivity contribution in [2.75, 3.05) is 13.7 Å². The molecular weight excluding hydrogens is 265 g/mol. The molecule has 0 fully saturated rings. The maximum Gasteiger partial charge on any atom is 0.165 e. The first-order chi connectivity index (χ1) is 10.2. The monoisotopic (exact) mass is 295 g/mol. The van der Waals surface area contributed by atoms with Crippen LogP contribution in [-0.4, -0.2) is 13.7 Å². The van der Waals surface area contributed by atoms with Gasteiger partial charge in [-0.2, -0.15) is 0 Å². The Hall–Kier alpha value is -1.09. The van der Waals surface area contributed by atoms with Crippen molar-refractivity contribution in [3.63, 3.8) is 0 Å². The van der Waals surface area contributed by atoms with Gasteiger partial charge in [0.1, 0.15) is 0 Å². The predicted octanol–water partition coefficient (Wildman–Crippen LogP) is 5.24. The van der Waals surface area contributed by atoms with Crippen molar-refractivity contribution in [2.24, 2.45) is 0 Å². The minimum absolute atomic E-state index is 0.243. The summed E-state index contributed by atoms with van der Waals surface area (Å²) < 4.78 is 18.9. The van der Waals surface area contributed by atoms with Crippen LogP contribution in [0.25, 0.3) is 0 Å². The fourth-order valence-corrected chi connectivity index (χ4v) is 2.56. The number of hydrogen-bond acceptors (Lipinski definition) is 2. The van der Waals surface area contributed by atoms with E-state index in [0.29, 0.717) is 5.75 Å². The van der Waals surface area contributed by atoms with Crippen molar-refractivity contribution in [3.05, 3.63) is 29.6 Å². The first-order valence-corrected chi connectivity index (χ1v) is 8.29. The largest absolute Gasteiger partial charge is 0.494 e. The first kappa shape index (κ1) is 18.0. The molecule has 1 atom stereocenters. The van der Waals surface area contributed by atoms with Crippen LogP contribution in [0.1, 0.15) is 70.4 Å². The molecule has 0 aliphatic heterocycles. The molecule has 1 aromatic carbocycles. The summed E-state index contributed by atoms with van der Waals surface area (Å²) in [7, 11) is 1.50. The number of methoxy groups -OCH3 is 1. The average Bonchev–Trinajstić information content (AvgIpc) is 2.50. The van der Waals surface area contributed by atoms with Crippen LogP contribution in [0.3, 0.4) is 0 Å². The maximum absolute atomic E-state index is 13.9. The van der Waals surface area contributed by atoms with Crippen LogP contribution in [0.4, 0.5) is 4.39 Å². The minimum atomic E-state index is -0.274. The lowest BCUT2D eigenvalue weighted by Crippen LogP contribution is -2.22. The third-order valence-corrected chi connectivity index (χ3v) is 3.82. The molecule has 21 heavy (non-hydrogen) atoms. The summed E-state index contributed by atoms with van der Waals surface area (Å²) in [6.07, 6.45) is 8.48. The molecule has 3 heteroatoms. The Kier molecular flexibility index (Phi) is 9.07. The van der Waals surface area contributed by atoms with Crippen LogP contribution in [0.5, 0.6) is 5.75 Å². The first-order valence-electron chi connectivity index (χ1n) is 8.29. The highest BCUT2D eigenvalue weighted by atomic mass is 19.1. The van der Waals surface area contributed by atoms with Gasteiger partial charge < -0.3 is 10.1 Å². The molecule has 1 rings (SSSR count). The second-order valence-corrected chi connectivity index (χ2v) is 5.60. The molecule has 2 nitrogen and oxygen atoms in total. The summed E-state index contributed by atoms with van der Waals surface area (Å²) in [6.45, 7) is 5.35. The fraction of sp³-hybridized carbons (Fsp3) is 0.667. The number of hydrogen-bond donors (Lipinski definition) is 1. The molecule has 1 unspecified atom stereocenters. The van der Waals surface area contributed by atoms with Gasteiger partial charge in [-0.3, -0.25) is 0 Å². The summed E-state index contributed by atoms with van der Waals surface area (Å²) in [6, 6.07) is 5.55. The Balaban J connectivity index is 2.61. The quantitative estimate of drug-likeness (QED) is 0.564. The second kappa shape index (κ2) is 10.6. The predicted molar refractivity (Wildman–Crippen MR) is 87.4 cm³/mol. The highest BCUT2D eigenvalue weighted by molar-refractivity contribution is 5.31. The lowest BCUT2D eigenvalue weighted by molar-refractivity contribution is 0.384. The summed E-state index contributed by atoms with van der Waals surface area (Å²) in [5, 5.41) is 3.53. The summed E-state index contributed by atoms with van der Waals surface area (Å²) in [4.78, 5) is 0. The molecule has 1 aromatic rings. The zero-order valence-corrected chi connectivity index (χ0v) is 13.8. The van der Waals surface area contributed by atoms with E-state index in [4.69, 9.17) is 4.74 Å². The van der Waals surface area contributed by atoms with Crippen molar-refractivity contribution in [2.45, 2.75) is 64.8 Å². The van der Waals surface area contributed by atoms with E-state index in [1.807, 2.05) is 6.07 Å². The molecule has 0 saturated heterocycles. The van der Waals surface area contributed by atoms with Gasteiger partial charge in [-0.25, -0.2) is 4.39 Å². The molecule has 0 saturated carbocycles. The van der Waals surface area contributed by atoms with E-state index in [0.717, 1.165) is 24.9 Å². The van der Waals surface area contributed by atoms with Crippen molar-refractivity contribution in [3.8, 4) is 5.75 Å². The van der Waals surface area contributed by atoms with E-state index in [2.05, 4.69) is 19.2 Å². The molecule has 0 spiro atoms. The minimum Gasteiger partial charge on any atom is -0.494 e. The lowest BCUT2D eigenvalue weighted by Gasteiger charge is -2.19. The zero-order chi connectivity index (χ0) is 15.5. The van der Waals surface area contributed by atoms with Crippen LogP contribution in [0.2, 0.25) is 0 Å². The van der Waals surface area contributed by atoms with E-state index in [1.54, 1.807) is 12.1 Å². The van der Waals surface area contributed by atoms with Gasteiger partial charge in [0.25, 0.3) is 0 Å². The SMILES string of the molecule is CCCCCCCC(NCCC)c1ccc(OC)c(F)c1. The molecule has 0 amide bonds. The zero-order valence-electron chi connectivity index (χ0n) is 13.8. The van der Waals surface area contributed by atoms with Gasteiger partial charge in [-0.1, -0.05) is 52.0 Å². The number of benzene rings is 1. The lowest BCUT2D eigenvalue weighted by atomic mass is 9.99.